The lowest BCUT2D eigenvalue weighted by Crippen LogP contribution is -2.43. The number of nitrogens with one attached hydrogen (secondary N) is 1. The molecular weight excluding hydrogens is 392 g/mol. The number of allylic oxidation sites excluding steroid dienone is 2. The Labute approximate surface area is 172 Å². The largest absolute Gasteiger partial charge is 0.364 e. The van der Waals surface area contributed by atoms with E-state index in [1.54, 1.807) is 17.8 Å². The summed E-state index contributed by atoms with van der Waals surface area (Å²) < 4.78 is 0. The predicted octanol–water partition coefficient (Wildman–Crippen LogP) is 3.37. The first-order chi connectivity index (χ1) is 14.0. The molecule has 1 amide bonds. The molecule has 1 aromatic rings. The van der Waals surface area contributed by atoms with Crippen LogP contribution in [0.25, 0.3) is 0 Å². The smallest absolute Gasteiger partial charge is 0.253 e. The lowest BCUT2D eigenvalue weighted by molar-refractivity contribution is -0.427. The summed E-state index contributed by atoms with van der Waals surface area (Å²) in [5, 5.41) is 16.4. The summed E-state index contributed by atoms with van der Waals surface area (Å²) in [5.41, 5.74) is 0.569. The Morgan fingerprint density at radius 3 is 2.86 bits per heavy atom. The fourth-order valence-corrected chi connectivity index (χ4v) is 5.09. The van der Waals surface area contributed by atoms with E-state index in [4.69, 9.17) is 0 Å². The van der Waals surface area contributed by atoms with Gasteiger partial charge >= 0.3 is 0 Å². The highest BCUT2D eigenvalue weighted by Gasteiger charge is 2.40. The third-order valence-corrected chi connectivity index (χ3v) is 6.76. The molecule has 1 aliphatic heterocycles. The van der Waals surface area contributed by atoms with Gasteiger partial charge in [0.1, 0.15) is 6.04 Å². The molecule has 154 valence electrons. The second-order valence-electron chi connectivity index (χ2n) is 8.00. The molecule has 4 rings (SSSR count). The number of aromatic nitrogens is 1. The van der Waals surface area contributed by atoms with Gasteiger partial charge in [0.15, 0.2) is 10.9 Å². The van der Waals surface area contributed by atoms with Crippen LogP contribution in [-0.2, 0) is 9.59 Å². The Morgan fingerprint density at radius 2 is 2.17 bits per heavy atom. The first kappa shape index (κ1) is 19.8. The zero-order chi connectivity index (χ0) is 20.4. The van der Waals surface area contributed by atoms with Crippen molar-refractivity contribution in [3.05, 3.63) is 45.2 Å². The van der Waals surface area contributed by atoms with Crippen molar-refractivity contribution >= 4 is 28.2 Å². The van der Waals surface area contributed by atoms with Crippen molar-refractivity contribution in [1.29, 1.82) is 0 Å². The number of anilines is 1. The minimum Gasteiger partial charge on any atom is -0.364 e. The van der Waals surface area contributed by atoms with E-state index in [1.165, 1.54) is 36.7 Å². The predicted molar refractivity (Wildman–Crippen MR) is 109 cm³/mol. The van der Waals surface area contributed by atoms with E-state index in [1.807, 2.05) is 4.90 Å². The molecule has 1 fully saturated rings. The molecule has 0 spiro atoms. The maximum atomic E-state index is 13.1. The van der Waals surface area contributed by atoms with Crippen LogP contribution in [-0.4, -0.2) is 39.1 Å². The standard InChI is InChI=1S/C20H24N4O4S/c25-18-10-15(24(27)28)9-14-11-23(12-16(14)18)17(8-13-4-2-1-3-5-13)19(26)22-20-21-6-7-29-20/h6-7,9,11,13,16-17H,1-5,8,10,12H2,(H,21,22,26). The average molecular weight is 417 g/mol. The van der Waals surface area contributed by atoms with Gasteiger partial charge in [-0.3, -0.25) is 19.7 Å². The summed E-state index contributed by atoms with van der Waals surface area (Å²) in [6.45, 7) is 0.401. The molecule has 0 aromatic carbocycles. The van der Waals surface area contributed by atoms with Crippen molar-refractivity contribution in [1.82, 2.24) is 9.88 Å². The van der Waals surface area contributed by atoms with Crippen molar-refractivity contribution in [2.45, 2.75) is 51.0 Å². The highest BCUT2D eigenvalue weighted by Crippen LogP contribution is 2.35. The van der Waals surface area contributed by atoms with Gasteiger partial charge in [0.2, 0.25) is 5.91 Å². The molecule has 9 heteroatoms. The number of nitro groups is 1. The van der Waals surface area contributed by atoms with Crippen LogP contribution in [0.4, 0.5) is 5.13 Å². The molecule has 1 N–H and O–H groups in total. The molecular formula is C20H24N4O4S. The second kappa shape index (κ2) is 8.44. The fourth-order valence-electron chi connectivity index (χ4n) is 4.56. The summed E-state index contributed by atoms with van der Waals surface area (Å²) in [7, 11) is 0. The molecule has 2 heterocycles. The van der Waals surface area contributed by atoms with Gasteiger partial charge in [0.05, 0.1) is 17.3 Å². The van der Waals surface area contributed by atoms with E-state index in [2.05, 4.69) is 10.3 Å². The van der Waals surface area contributed by atoms with Gasteiger partial charge in [-0.15, -0.1) is 11.3 Å². The first-order valence-corrected chi connectivity index (χ1v) is 10.9. The van der Waals surface area contributed by atoms with Crippen LogP contribution in [0.2, 0.25) is 0 Å². The number of hydrogen-bond donors (Lipinski definition) is 1. The van der Waals surface area contributed by atoms with Crippen LogP contribution in [0.5, 0.6) is 0 Å². The second-order valence-corrected chi connectivity index (χ2v) is 8.89. The van der Waals surface area contributed by atoms with Crippen LogP contribution in [0.15, 0.2) is 35.1 Å². The van der Waals surface area contributed by atoms with Crippen LogP contribution in [0.1, 0.15) is 44.9 Å². The third-order valence-electron chi connectivity index (χ3n) is 6.07. The van der Waals surface area contributed by atoms with Gasteiger partial charge in [-0.25, -0.2) is 4.98 Å². The zero-order valence-electron chi connectivity index (χ0n) is 16.1. The van der Waals surface area contributed by atoms with E-state index in [0.717, 1.165) is 12.8 Å². The number of thiazole rings is 1. The maximum absolute atomic E-state index is 13.1. The van der Waals surface area contributed by atoms with E-state index in [-0.39, 0.29) is 29.7 Å². The van der Waals surface area contributed by atoms with Gasteiger partial charge in [0, 0.05) is 30.4 Å². The number of hydrogen-bond acceptors (Lipinski definition) is 7. The number of ketones is 1. The van der Waals surface area contributed by atoms with Gasteiger partial charge in [0.25, 0.3) is 5.70 Å². The monoisotopic (exact) mass is 416 g/mol. The zero-order valence-corrected chi connectivity index (χ0v) is 16.9. The molecule has 0 bridgehead atoms. The third kappa shape index (κ3) is 4.39. The van der Waals surface area contributed by atoms with Gasteiger partial charge in [-0.2, -0.15) is 0 Å². The van der Waals surface area contributed by atoms with E-state index >= 15 is 0 Å². The minimum atomic E-state index is -0.494. The lowest BCUT2D eigenvalue weighted by atomic mass is 9.84. The average Bonchev–Trinajstić information content (AvgIpc) is 3.36. The number of fused-ring (bicyclic) bond motifs is 1. The summed E-state index contributed by atoms with van der Waals surface area (Å²) in [4.78, 5) is 42.2. The van der Waals surface area contributed by atoms with Crippen molar-refractivity contribution in [3.63, 3.8) is 0 Å². The SMILES string of the molecule is O=C1CC([N+](=O)[O-])=CC2=CN(C(CC3CCCCC3)C(=O)Nc3nccs3)CC12. The minimum absolute atomic E-state index is 0.0737. The number of Topliss-reactive ketones (excluding diaryl/α,β-unsaturated/α-hetero) is 1. The van der Waals surface area contributed by atoms with Crippen molar-refractivity contribution in [2.75, 3.05) is 11.9 Å². The molecule has 2 aliphatic carbocycles. The van der Waals surface area contributed by atoms with Crippen molar-refractivity contribution in [3.8, 4) is 0 Å². The van der Waals surface area contributed by atoms with Crippen LogP contribution >= 0.6 is 11.3 Å². The van der Waals surface area contributed by atoms with E-state index in [9.17, 15) is 19.7 Å². The summed E-state index contributed by atoms with van der Waals surface area (Å²) in [5.74, 6) is -0.200. The van der Waals surface area contributed by atoms with Crippen LogP contribution < -0.4 is 5.32 Å². The quantitative estimate of drug-likeness (QED) is 0.563. The molecule has 1 aromatic heterocycles. The molecule has 8 nitrogen and oxygen atoms in total. The normalized spacial score (nSPS) is 23.2. The Hall–Kier alpha value is -2.55. The Bertz CT molecular complexity index is 858. The molecule has 3 aliphatic rings. The summed E-state index contributed by atoms with van der Waals surface area (Å²) in [6.07, 6.45) is 11.3. The van der Waals surface area contributed by atoms with Gasteiger partial charge in [-0.1, -0.05) is 32.1 Å². The van der Waals surface area contributed by atoms with E-state index < -0.39 is 11.0 Å². The number of amides is 1. The highest BCUT2D eigenvalue weighted by atomic mass is 32.1. The Kier molecular flexibility index (Phi) is 5.75. The molecule has 0 saturated heterocycles. The van der Waals surface area contributed by atoms with Gasteiger partial charge < -0.3 is 10.2 Å². The Morgan fingerprint density at radius 1 is 1.38 bits per heavy atom. The number of nitrogens with zero attached hydrogens (tertiary/aromatic N) is 3. The first-order valence-electron chi connectivity index (χ1n) is 10.1. The number of carbonyl (C=O) groups is 2. The molecule has 2 unspecified atom stereocenters. The van der Waals surface area contributed by atoms with Crippen molar-refractivity contribution < 1.29 is 14.5 Å². The molecule has 1 saturated carbocycles. The summed E-state index contributed by atoms with van der Waals surface area (Å²) in [6, 6.07) is -0.416. The number of rotatable bonds is 6. The lowest BCUT2D eigenvalue weighted by Gasteiger charge is -2.32. The van der Waals surface area contributed by atoms with Crippen LogP contribution in [0, 0.1) is 22.0 Å². The van der Waals surface area contributed by atoms with Crippen molar-refractivity contribution in [2.24, 2.45) is 11.8 Å². The molecule has 0 radical (unpaired) electrons. The highest BCUT2D eigenvalue weighted by molar-refractivity contribution is 7.13. The number of carbonyl (C=O) groups excluding carboxylic acids is 2. The Balaban J connectivity index is 1.56. The maximum Gasteiger partial charge on any atom is 0.253 e. The van der Waals surface area contributed by atoms with Gasteiger partial charge in [-0.05, 0) is 17.9 Å². The van der Waals surface area contributed by atoms with Crippen LogP contribution in [0.3, 0.4) is 0 Å². The fraction of sp³-hybridized carbons (Fsp3) is 0.550. The van der Waals surface area contributed by atoms with E-state index in [0.29, 0.717) is 29.6 Å². The molecule has 29 heavy (non-hydrogen) atoms. The summed E-state index contributed by atoms with van der Waals surface area (Å²) >= 11 is 1.37. The molecule has 2 atom stereocenters. The topological polar surface area (TPSA) is 105 Å².